The Morgan fingerprint density at radius 3 is 2.85 bits per heavy atom. The Bertz CT molecular complexity index is 286. The normalized spacial score (nSPS) is 12.6. The standard InChI is InChI=1S/C10H14ClNO/c1-7-3-4-9(11)10(5-7)13-6-8(2)12/h3-5,8H,6,12H2,1-2H3/t8-/m1/s1. The maximum atomic E-state index is 5.91. The minimum atomic E-state index is 0.0246. The summed E-state index contributed by atoms with van der Waals surface area (Å²) in [5.74, 6) is 0.707. The van der Waals surface area contributed by atoms with Gasteiger partial charge in [-0.15, -0.1) is 0 Å². The molecule has 0 unspecified atom stereocenters. The first kappa shape index (κ1) is 10.4. The van der Waals surface area contributed by atoms with E-state index in [1.807, 2.05) is 32.0 Å². The minimum absolute atomic E-state index is 0.0246. The highest BCUT2D eigenvalue weighted by Crippen LogP contribution is 2.25. The lowest BCUT2D eigenvalue weighted by Crippen LogP contribution is -2.23. The van der Waals surface area contributed by atoms with Crippen LogP contribution in [0.3, 0.4) is 0 Å². The molecule has 0 amide bonds. The van der Waals surface area contributed by atoms with Crippen LogP contribution in [0, 0.1) is 6.92 Å². The number of hydrogen-bond acceptors (Lipinski definition) is 2. The van der Waals surface area contributed by atoms with Gasteiger partial charge in [-0.05, 0) is 31.5 Å². The summed E-state index contributed by atoms with van der Waals surface area (Å²) in [6, 6.07) is 5.70. The molecule has 0 aliphatic heterocycles. The average Bonchev–Trinajstić information content (AvgIpc) is 2.06. The van der Waals surface area contributed by atoms with Gasteiger partial charge in [0.1, 0.15) is 12.4 Å². The Labute approximate surface area is 83.6 Å². The molecule has 0 spiro atoms. The summed E-state index contributed by atoms with van der Waals surface area (Å²) in [5, 5.41) is 0.631. The number of aryl methyl sites for hydroxylation is 1. The molecule has 0 aliphatic rings. The molecule has 2 nitrogen and oxygen atoms in total. The van der Waals surface area contributed by atoms with Gasteiger partial charge in [0.05, 0.1) is 5.02 Å². The Hall–Kier alpha value is -0.730. The molecule has 0 saturated carbocycles. The van der Waals surface area contributed by atoms with Crippen molar-refractivity contribution in [3.63, 3.8) is 0 Å². The van der Waals surface area contributed by atoms with E-state index in [0.29, 0.717) is 17.4 Å². The Morgan fingerprint density at radius 2 is 2.23 bits per heavy atom. The van der Waals surface area contributed by atoms with Gasteiger partial charge in [-0.2, -0.15) is 0 Å². The molecule has 1 rings (SSSR count). The molecule has 3 heteroatoms. The van der Waals surface area contributed by atoms with Gasteiger partial charge in [-0.25, -0.2) is 0 Å². The molecule has 0 bridgehead atoms. The van der Waals surface area contributed by atoms with Gasteiger partial charge in [0.15, 0.2) is 0 Å². The first-order chi connectivity index (χ1) is 6.09. The molecule has 1 atom stereocenters. The third kappa shape index (κ3) is 3.25. The Balaban J connectivity index is 2.70. The number of ether oxygens (including phenoxy) is 1. The number of halogens is 1. The molecule has 0 heterocycles. The first-order valence-corrected chi connectivity index (χ1v) is 4.62. The van der Waals surface area contributed by atoms with Crippen LogP contribution in [0.5, 0.6) is 5.75 Å². The molecule has 0 saturated heterocycles. The van der Waals surface area contributed by atoms with Gasteiger partial charge < -0.3 is 10.5 Å². The van der Waals surface area contributed by atoms with E-state index in [1.54, 1.807) is 0 Å². The van der Waals surface area contributed by atoms with Crippen LogP contribution in [-0.4, -0.2) is 12.6 Å². The van der Waals surface area contributed by atoms with Crippen LogP contribution in [-0.2, 0) is 0 Å². The molecular weight excluding hydrogens is 186 g/mol. The zero-order chi connectivity index (χ0) is 9.84. The van der Waals surface area contributed by atoms with Crippen LogP contribution in [0.1, 0.15) is 12.5 Å². The van der Waals surface area contributed by atoms with Crippen molar-refractivity contribution in [3.05, 3.63) is 28.8 Å². The lowest BCUT2D eigenvalue weighted by Gasteiger charge is -2.10. The predicted octanol–water partition coefficient (Wildman–Crippen LogP) is 2.37. The molecule has 0 radical (unpaired) electrons. The lowest BCUT2D eigenvalue weighted by atomic mass is 10.2. The zero-order valence-corrected chi connectivity index (χ0v) is 8.64. The van der Waals surface area contributed by atoms with Crippen molar-refractivity contribution in [2.24, 2.45) is 5.73 Å². The minimum Gasteiger partial charge on any atom is -0.490 e. The van der Waals surface area contributed by atoms with Crippen LogP contribution in [0.2, 0.25) is 5.02 Å². The molecular formula is C10H14ClNO. The summed E-state index contributed by atoms with van der Waals surface area (Å²) < 4.78 is 5.42. The fraction of sp³-hybridized carbons (Fsp3) is 0.400. The third-order valence-corrected chi connectivity index (χ3v) is 1.90. The van der Waals surface area contributed by atoms with E-state index in [9.17, 15) is 0 Å². The fourth-order valence-corrected chi connectivity index (χ4v) is 1.11. The van der Waals surface area contributed by atoms with Gasteiger partial charge in [0, 0.05) is 6.04 Å². The quantitative estimate of drug-likeness (QED) is 0.812. The third-order valence-electron chi connectivity index (χ3n) is 1.59. The van der Waals surface area contributed by atoms with Crippen molar-refractivity contribution >= 4 is 11.6 Å². The second-order valence-corrected chi connectivity index (χ2v) is 3.63. The van der Waals surface area contributed by atoms with Crippen LogP contribution < -0.4 is 10.5 Å². The van der Waals surface area contributed by atoms with Crippen molar-refractivity contribution in [3.8, 4) is 5.75 Å². The Morgan fingerprint density at radius 1 is 1.54 bits per heavy atom. The number of benzene rings is 1. The lowest BCUT2D eigenvalue weighted by molar-refractivity contribution is 0.296. The first-order valence-electron chi connectivity index (χ1n) is 4.24. The monoisotopic (exact) mass is 199 g/mol. The van der Waals surface area contributed by atoms with Crippen LogP contribution in [0.25, 0.3) is 0 Å². The molecule has 0 aromatic heterocycles. The highest BCUT2D eigenvalue weighted by atomic mass is 35.5. The van der Waals surface area contributed by atoms with Crippen molar-refractivity contribution in [1.29, 1.82) is 0 Å². The molecule has 72 valence electrons. The van der Waals surface area contributed by atoms with Crippen LogP contribution in [0.4, 0.5) is 0 Å². The van der Waals surface area contributed by atoms with E-state index in [-0.39, 0.29) is 6.04 Å². The molecule has 1 aromatic carbocycles. The highest BCUT2D eigenvalue weighted by Gasteiger charge is 2.02. The van der Waals surface area contributed by atoms with Crippen LogP contribution >= 0.6 is 11.6 Å². The topological polar surface area (TPSA) is 35.2 Å². The molecule has 0 fully saturated rings. The van der Waals surface area contributed by atoms with E-state index in [0.717, 1.165) is 5.56 Å². The second kappa shape index (κ2) is 4.49. The summed E-state index contributed by atoms with van der Waals surface area (Å²) in [4.78, 5) is 0. The highest BCUT2D eigenvalue weighted by molar-refractivity contribution is 6.32. The van der Waals surface area contributed by atoms with Gasteiger partial charge >= 0.3 is 0 Å². The van der Waals surface area contributed by atoms with Gasteiger partial charge in [0.2, 0.25) is 0 Å². The summed E-state index contributed by atoms with van der Waals surface area (Å²) >= 11 is 5.91. The fourth-order valence-electron chi connectivity index (χ4n) is 0.942. The molecule has 2 N–H and O–H groups in total. The van der Waals surface area contributed by atoms with E-state index in [4.69, 9.17) is 22.1 Å². The van der Waals surface area contributed by atoms with E-state index >= 15 is 0 Å². The predicted molar refractivity (Wildman–Crippen MR) is 55.3 cm³/mol. The summed E-state index contributed by atoms with van der Waals surface area (Å²) in [6.07, 6.45) is 0. The maximum absolute atomic E-state index is 5.91. The number of rotatable bonds is 3. The maximum Gasteiger partial charge on any atom is 0.138 e. The molecule has 1 aromatic rings. The van der Waals surface area contributed by atoms with Crippen molar-refractivity contribution in [1.82, 2.24) is 0 Å². The SMILES string of the molecule is Cc1ccc(Cl)c(OC[C@@H](C)N)c1. The van der Waals surface area contributed by atoms with Crippen molar-refractivity contribution in [2.45, 2.75) is 19.9 Å². The summed E-state index contributed by atoms with van der Waals surface area (Å²) in [7, 11) is 0. The van der Waals surface area contributed by atoms with Crippen molar-refractivity contribution in [2.75, 3.05) is 6.61 Å². The Kier molecular flexibility index (Phi) is 3.58. The zero-order valence-electron chi connectivity index (χ0n) is 7.88. The van der Waals surface area contributed by atoms with Gasteiger partial charge in [0.25, 0.3) is 0 Å². The van der Waals surface area contributed by atoms with Gasteiger partial charge in [-0.3, -0.25) is 0 Å². The van der Waals surface area contributed by atoms with Gasteiger partial charge in [-0.1, -0.05) is 17.7 Å². The summed E-state index contributed by atoms with van der Waals surface area (Å²) in [6.45, 7) is 4.38. The van der Waals surface area contributed by atoms with E-state index < -0.39 is 0 Å². The van der Waals surface area contributed by atoms with E-state index in [1.165, 1.54) is 0 Å². The van der Waals surface area contributed by atoms with E-state index in [2.05, 4.69) is 0 Å². The molecule has 0 aliphatic carbocycles. The second-order valence-electron chi connectivity index (χ2n) is 3.22. The number of hydrogen-bond donors (Lipinski definition) is 1. The molecule has 13 heavy (non-hydrogen) atoms. The largest absolute Gasteiger partial charge is 0.490 e. The van der Waals surface area contributed by atoms with Crippen LogP contribution in [0.15, 0.2) is 18.2 Å². The van der Waals surface area contributed by atoms with Crippen molar-refractivity contribution < 1.29 is 4.74 Å². The summed E-state index contributed by atoms with van der Waals surface area (Å²) in [5.41, 5.74) is 6.69. The number of nitrogens with two attached hydrogens (primary N) is 1. The smallest absolute Gasteiger partial charge is 0.138 e. The average molecular weight is 200 g/mol.